The van der Waals surface area contributed by atoms with Gasteiger partial charge in [-0.1, -0.05) is 5.16 Å². The van der Waals surface area contributed by atoms with Gasteiger partial charge in [0, 0.05) is 38.5 Å². The molecule has 0 atom stereocenters. The third kappa shape index (κ3) is 2.38. The SMILES string of the molecule is Cc1noc(CCC(=O)N2CC(CO)C2)n1. The molecule has 1 N–H and O–H groups in total. The van der Waals surface area contributed by atoms with E-state index in [2.05, 4.69) is 10.1 Å². The van der Waals surface area contributed by atoms with Gasteiger partial charge < -0.3 is 14.5 Å². The normalized spacial score (nSPS) is 16.2. The fraction of sp³-hybridized carbons (Fsp3) is 0.700. The van der Waals surface area contributed by atoms with Gasteiger partial charge in [-0.15, -0.1) is 0 Å². The molecule has 6 heteroatoms. The van der Waals surface area contributed by atoms with Crippen LogP contribution in [0.5, 0.6) is 0 Å². The van der Waals surface area contributed by atoms with Gasteiger partial charge >= 0.3 is 0 Å². The number of carbonyl (C=O) groups excluding carboxylic acids is 1. The van der Waals surface area contributed by atoms with E-state index in [4.69, 9.17) is 9.63 Å². The van der Waals surface area contributed by atoms with Gasteiger partial charge in [-0.05, 0) is 6.92 Å². The van der Waals surface area contributed by atoms with Gasteiger partial charge in [0.15, 0.2) is 5.82 Å². The minimum atomic E-state index is 0.0838. The second kappa shape index (κ2) is 4.61. The first-order valence-electron chi connectivity index (χ1n) is 5.37. The molecule has 0 unspecified atom stereocenters. The number of aliphatic hydroxyl groups excluding tert-OH is 1. The van der Waals surface area contributed by atoms with Crippen LogP contribution in [-0.4, -0.2) is 45.8 Å². The number of carbonyl (C=O) groups is 1. The number of hydrogen-bond acceptors (Lipinski definition) is 5. The van der Waals surface area contributed by atoms with E-state index < -0.39 is 0 Å². The van der Waals surface area contributed by atoms with Crippen molar-refractivity contribution in [1.29, 1.82) is 0 Å². The van der Waals surface area contributed by atoms with Gasteiger partial charge in [-0.2, -0.15) is 4.98 Å². The average molecular weight is 225 g/mol. The first-order valence-corrected chi connectivity index (χ1v) is 5.37. The summed E-state index contributed by atoms with van der Waals surface area (Å²) in [7, 11) is 0. The number of rotatable bonds is 4. The first-order chi connectivity index (χ1) is 7.69. The molecule has 1 amide bonds. The molecule has 6 nitrogen and oxygen atoms in total. The molecule has 0 bridgehead atoms. The minimum absolute atomic E-state index is 0.0838. The summed E-state index contributed by atoms with van der Waals surface area (Å²) in [6, 6.07) is 0. The van der Waals surface area contributed by atoms with Crippen molar-refractivity contribution in [3.63, 3.8) is 0 Å². The van der Waals surface area contributed by atoms with Gasteiger partial charge in [0.05, 0.1) is 0 Å². The van der Waals surface area contributed by atoms with E-state index in [1.807, 2.05) is 0 Å². The van der Waals surface area contributed by atoms with Crippen LogP contribution in [0, 0.1) is 12.8 Å². The molecule has 1 aromatic rings. The summed E-state index contributed by atoms with van der Waals surface area (Å²) in [6.07, 6.45) is 0.875. The Morgan fingerprint density at radius 3 is 2.94 bits per heavy atom. The molecule has 0 saturated carbocycles. The molecule has 1 aliphatic heterocycles. The van der Waals surface area contributed by atoms with Crippen molar-refractivity contribution in [2.45, 2.75) is 19.8 Å². The number of hydrogen-bond donors (Lipinski definition) is 1. The Balaban J connectivity index is 1.72. The van der Waals surface area contributed by atoms with Crippen molar-refractivity contribution in [2.24, 2.45) is 5.92 Å². The fourth-order valence-corrected chi connectivity index (χ4v) is 1.70. The summed E-state index contributed by atoms with van der Waals surface area (Å²) >= 11 is 0. The molecular weight excluding hydrogens is 210 g/mol. The minimum Gasteiger partial charge on any atom is -0.396 e. The predicted octanol–water partition coefficient (Wildman–Crippen LogP) is -0.239. The van der Waals surface area contributed by atoms with Crippen LogP contribution in [0.25, 0.3) is 0 Å². The number of likely N-dealkylation sites (tertiary alicyclic amines) is 1. The quantitative estimate of drug-likeness (QED) is 0.765. The highest BCUT2D eigenvalue weighted by molar-refractivity contribution is 5.77. The Kier molecular flexibility index (Phi) is 3.19. The van der Waals surface area contributed by atoms with Gasteiger partial charge in [0.25, 0.3) is 0 Å². The van der Waals surface area contributed by atoms with Gasteiger partial charge in [-0.25, -0.2) is 0 Å². The second-order valence-electron chi connectivity index (χ2n) is 4.08. The summed E-state index contributed by atoms with van der Waals surface area (Å²) in [6.45, 7) is 3.24. The molecular formula is C10H15N3O3. The van der Waals surface area contributed by atoms with Crippen molar-refractivity contribution < 1.29 is 14.4 Å². The number of amides is 1. The van der Waals surface area contributed by atoms with E-state index in [1.54, 1.807) is 11.8 Å². The van der Waals surface area contributed by atoms with E-state index in [0.29, 0.717) is 37.6 Å². The van der Waals surface area contributed by atoms with Gasteiger partial charge in [-0.3, -0.25) is 4.79 Å². The summed E-state index contributed by atoms with van der Waals surface area (Å²) in [5.74, 6) is 1.44. The van der Waals surface area contributed by atoms with Crippen LogP contribution in [0.15, 0.2) is 4.52 Å². The molecule has 0 radical (unpaired) electrons. The van der Waals surface area contributed by atoms with Crippen molar-refractivity contribution in [3.05, 3.63) is 11.7 Å². The van der Waals surface area contributed by atoms with Crippen LogP contribution in [0.2, 0.25) is 0 Å². The maximum atomic E-state index is 11.6. The Hall–Kier alpha value is -1.43. The lowest BCUT2D eigenvalue weighted by molar-refractivity contribution is -0.138. The third-order valence-corrected chi connectivity index (χ3v) is 2.69. The lowest BCUT2D eigenvalue weighted by Crippen LogP contribution is -2.51. The van der Waals surface area contributed by atoms with E-state index in [1.165, 1.54) is 0 Å². The van der Waals surface area contributed by atoms with Crippen LogP contribution in [0.3, 0.4) is 0 Å². The van der Waals surface area contributed by atoms with Crippen LogP contribution in [0.1, 0.15) is 18.1 Å². The lowest BCUT2D eigenvalue weighted by atomic mass is 10.0. The highest BCUT2D eigenvalue weighted by Crippen LogP contribution is 2.16. The molecule has 88 valence electrons. The van der Waals surface area contributed by atoms with Crippen LogP contribution >= 0.6 is 0 Å². The maximum absolute atomic E-state index is 11.6. The molecule has 1 aliphatic rings. The van der Waals surface area contributed by atoms with Crippen LogP contribution < -0.4 is 0 Å². The maximum Gasteiger partial charge on any atom is 0.227 e. The Morgan fingerprint density at radius 1 is 1.62 bits per heavy atom. The summed E-state index contributed by atoms with van der Waals surface area (Å²) in [5, 5.41) is 12.5. The monoisotopic (exact) mass is 225 g/mol. The molecule has 1 aromatic heterocycles. The summed E-state index contributed by atoms with van der Waals surface area (Å²) in [5.41, 5.74) is 0. The molecule has 2 heterocycles. The summed E-state index contributed by atoms with van der Waals surface area (Å²) in [4.78, 5) is 17.4. The van der Waals surface area contributed by atoms with E-state index in [-0.39, 0.29) is 18.4 Å². The Bertz CT molecular complexity index is 371. The molecule has 16 heavy (non-hydrogen) atoms. The zero-order chi connectivity index (χ0) is 11.5. The van der Waals surface area contributed by atoms with Crippen LogP contribution in [0.4, 0.5) is 0 Å². The fourth-order valence-electron chi connectivity index (χ4n) is 1.70. The second-order valence-corrected chi connectivity index (χ2v) is 4.08. The smallest absolute Gasteiger partial charge is 0.227 e. The van der Waals surface area contributed by atoms with E-state index >= 15 is 0 Å². The van der Waals surface area contributed by atoms with Crippen molar-refractivity contribution in [2.75, 3.05) is 19.7 Å². The highest BCUT2D eigenvalue weighted by Gasteiger charge is 2.29. The van der Waals surface area contributed by atoms with Gasteiger partial charge in [0.2, 0.25) is 11.8 Å². The number of aliphatic hydroxyl groups is 1. The molecule has 1 fully saturated rings. The molecule has 0 spiro atoms. The molecule has 2 rings (SSSR count). The number of aromatic nitrogens is 2. The number of aryl methyl sites for hydroxylation is 2. The summed E-state index contributed by atoms with van der Waals surface area (Å²) < 4.78 is 4.92. The van der Waals surface area contributed by atoms with Crippen molar-refractivity contribution >= 4 is 5.91 Å². The van der Waals surface area contributed by atoms with E-state index in [0.717, 1.165) is 0 Å². The first kappa shape index (κ1) is 11.1. The zero-order valence-corrected chi connectivity index (χ0v) is 9.22. The van der Waals surface area contributed by atoms with Crippen molar-refractivity contribution in [1.82, 2.24) is 15.0 Å². The van der Waals surface area contributed by atoms with Crippen molar-refractivity contribution in [3.8, 4) is 0 Å². The standard InChI is InChI=1S/C10H15N3O3/c1-7-11-9(16-12-7)2-3-10(15)13-4-8(5-13)6-14/h8,14H,2-6H2,1H3. The van der Waals surface area contributed by atoms with Crippen LogP contribution in [-0.2, 0) is 11.2 Å². The highest BCUT2D eigenvalue weighted by atomic mass is 16.5. The zero-order valence-electron chi connectivity index (χ0n) is 9.22. The largest absolute Gasteiger partial charge is 0.396 e. The lowest BCUT2D eigenvalue weighted by Gasteiger charge is -2.38. The molecule has 0 aliphatic carbocycles. The average Bonchev–Trinajstić information content (AvgIpc) is 2.60. The third-order valence-electron chi connectivity index (χ3n) is 2.69. The Labute approximate surface area is 93.2 Å². The topological polar surface area (TPSA) is 79.5 Å². The Morgan fingerprint density at radius 2 is 2.38 bits per heavy atom. The van der Waals surface area contributed by atoms with Gasteiger partial charge in [0.1, 0.15) is 0 Å². The molecule has 1 saturated heterocycles. The predicted molar refractivity (Wildman–Crippen MR) is 54.5 cm³/mol. The van der Waals surface area contributed by atoms with E-state index in [9.17, 15) is 4.79 Å². The molecule has 0 aromatic carbocycles. The number of nitrogens with zero attached hydrogens (tertiary/aromatic N) is 3.